The summed E-state index contributed by atoms with van der Waals surface area (Å²) in [5.41, 5.74) is 13.4. The van der Waals surface area contributed by atoms with Crippen LogP contribution in [0.3, 0.4) is 0 Å². The van der Waals surface area contributed by atoms with Gasteiger partial charge in [-0.2, -0.15) is 0 Å². The first kappa shape index (κ1) is 23.1. The fourth-order valence-corrected chi connectivity index (χ4v) is 5.09. The van der Waals surface area contributed by atoms with E-state index in [1.807, 2.05) is 55.5 Å². The SMILES string of the molecule is Cc1c2c(c3ccccc3c1O)OC(C)(CCSc1ccc(N=C(N)N)cc1)CC2.Cl. The Morgan fingerprint density at radius 3 is 2.48 bits per heavy atom. The summed E-state index contributed by atoms with van der Waals surface area (Å²) in [6.45, 7) is 4.17. The van der Waals surface area contributed by atoms with Gasteiger partial charge in [0.15, 0.2) is 5.96 Å². The molecular formula is C24H28ClN3O2S. The molecule has 0 saturated carbocycles. The number of hydrogen-bond donors (Lipinski definition) is 3. The minimum atomic E-state index is -0.232. The zero-order valence-corrected chi connectivity index (χ0v) is 19.4. The van der Waals surface area contributed by atoms with Gasteiger partial charge < -0.3 is 21.3 Å². The van der Waals surface area contributed by atoms with Gasteiger partial charge in [-0.05, 0) is 62.9 Å². The number of benzene rings is 3. The van der Waals surface area contributed by atoms with E-state index in [0.717, 1.165) is 58.4 Å². The van der Waals surface area contributed by atoms with E-state index in [1.165, 1.54) is 4.90 Å². The van der Waals surface area contributed by atoms with Crippen LogP contribution in [0.5, 0.6) is 11.5 Å². The van der Waals surface area contributed by atoms with Crippen LogP contribution >= 0.6 is 24.2 Å². The van der Waals surface area contributed by atoms with E-state index >= 15 is 0 Å². The lowest BCUT2D eigenvalue weighted by atomic mass is 9.86. The molecule has 1 unspecified atom stereocenters. The first-order chi connectivity index (χ1) is 14.4. The molecule has 0 bridgehead atoms. The van der Waals surface area contributed by atoms with Gasteiger partial charge in [0, 0.05) is 27.0 Å². The van der Waals surface area contributed by atoms with Crippen LogP contribution in [0.1, 0.15) is 30.9 Å². The molecule has 31 heavy (non-hydrogen) atoms. The Bertz CT molecular complexity index is 1110. The summed E-state index contributed by atoms with van der Waals surface area (Å²) < 4.78 is 6.60. The predicted molar refractivity (Wildman–Crippen MR) is 132 cm³/mol. The number of phenols is 1. The molecule has 5 N–H and O–H groups in total. The maximum Gasteiger partial charge on any atom is 0.191 e. The number of hydrogen-bond acceptors (Lipinski definition) is 4. The fraction of sp³-hybridized carbons (Fsp3) is 0.292. The maximum atomic E-state index is 10.6. The molecule has 3 aromatic rings. The number of nitrogens with zero attached hydrogens (tertiary/aromatic N) is 1. The largest absolute Gasteiger partial charge is 0.507 e. The minimum absolute atomic E-state index is 0. The van der Waals surface area contributed by atoms with Crippen LogP contribution in [0.2, 0.25) is 0 Å². The minimum Gasteiger partial charge on any atom is -0.507 e. The molecule has 1 heterocycles. The smallest absolute Gasteiger partial charge is 0.191 e. The Kier molecular flexibility index (Phi) is 6.92. The summed E-state index contributed by atoms with van der Waals surface area (Å²) >= 11 is 1.80. The molecule has 0 fully saturated rings. The van der Waals surface area contributed by atoms with Gasteiger partial charge in [0.25, 0.3) is 0 Å². The van der Waals surface area contributed by atoms with Gasteiger partial charge in [-0.3, -0.25) is 0 Å². The van der Waals surface area contributed by atoms with E-state index in [2.05, 4.69) is 11.9 Å². The van der Waals surface area contributed by atoms with E-state index in [1.54, 1.807) is 11.8 Å². The highest BCUT2D eigenvalue weighted by Gasteiger charge is 2.34. The molecule has 0 amide bonds. The van der Waals surface area contributed by atoms with Crippen LogP contribution < -0.4 is 16.2 Å². The number of rotatable bonds is 5. The second kappa shape index (κ2) is 9.28. The molecule has 164 valence electrons. The summed E-state index contributed by atoms with van der Waals surface area (Å²) in [6, 6.07) is 15.8. The molecule has 0 spiro atoms. The van der Waals surface area contributed by atoms with Crippen molar-refractivity contribution in [2.24, 2.45) is 16.5 Å². The van der Waals surface area contributed by atoms with Gasteiger partial charge in [0.2, 0.25) is 0 Å². The Morgan fingerprint density at radius 1 is 1.13 bits per heavy atom. The number of fused-ring (bicyclic) bond motifs is 3. The fourth-order valence-electron chi connectivity index (χ4n) is 4.00. The van der Waals surface area contributed by atoms with Crippen molar-refractivity contribution in [1.82, 2.24) is 0 Å². The quantitative estimate of drug-likeness (QED) is 0.269. The van der Waals surface area contributed by atoms with Crippen LogP contribution in [0.25, 0.3) is 10.8 Å². The third-order valence-electron chi connectivity index (χ3n) is 5.76. The zero-order chi connectivity index (χ0) is 21.3. The molecule has 1 aliphatic heterocycles. The van der Waals surface area contributed by atoms with E-state index in [-0.39, 0.29) is 24.0 Å². The van der Waals surface area contributed by atoms with Gasteiger partial charge >= 0.3 is 0 Å². The second-order valence-corrected chi connectivity index (χ2v) is 9.18. The van der Waals surface area contributed by atoms with Gasteiger partial charge in [-0.1, -0.05) is 24.3 Å². The molecule has 1 atom stereocenters. The number of guanidine groups is 1. The van der Waals surface area contributed by atoms with Crippen molar-refractivity contribution in [2.75, 3.05) is 5.75 Å². The highest BCUT2D eigenvalue weighted by Crippen LogP contribution is 2.46. The molecule has 0 radical (unpaired) electrons. The lowest BCUT2D eigenvalue weighted by Gasteiger charge is -2.37. The highest BCUT2D eigenvalue weighted by atomic mass is 35.5. The molecule has 5 nitrogen and oxygen atoms in total. The molecule has 0 aromatic heterocycles. The summed E-state index contributed by atoms with van der Waals surface area (Å²) in [5.74, 6) is 2.31. The van der Waals surface area contributed by atoms with Crippen LogP contribution in [-0.4, -0.2) is 22.4 Å². The molecule has 4 rings (SSSR count). The van der Waals surface area contributed by atoms with Crippen LogP contribution in [0.4, 0.5) is 5.69 Å². The van der Waals surface area contributed by atoms with E-state index < -0.39 is 0 Å². The number of aliphatic imine (C=N–C) groups is 1. The Labute approximate surface area is 193 Å². The molecule has 1 aliphatic rings. The number of aromatic hydroxyl groups is 1. The number of ether oxygens (including phenoxy) is 1. The van der Waals surface area contributed by atoms with Crippen molar-refractivity contribution in [2.45, 2.75) is 43.6 Å². The maximum absolute atomic E-state index is 10.6. The summed E-state index contributed by atoms with van der Waals surface area (Å²) in [7, 11) is 0. The molecule has 0 saturated heterocycles. The van der Waals surface area contributed by atoms with Crippen LogP contribution in [0.15, 0.2) is 58.4 Å². The van der Waals surface area contributed by atoms with E-state index in [4.69, 9.17) is 16.2 Å². The number of phenolic OH excluding ortho intramolecular Hbond substituents is 1. The Morgan fingerprint density at radius 2 is 1.81 bits per heavy atom. The number of thioether (sulfide) groups is 1. The highest BCUT2D eigenvalue weighted by molar-refractivity contribution is 7.99. The van der Waals surface area contributed by atoms with Gasteiger partial charge in [0.1, 0.15) is 17.1 Å². The number of halogens is 1. The molecule has 0 aliphatic carbocycles. The predicted octanol–water partition coefficient (Wildman–Crippen LogP) is 5.45. The third kappa shape index (κ3) is 4.86. The third-order valence-corrected chi connectivity index (χ3v) is 6.77. The normalized spacial score (nSPS) is 17.4. The topological polar surface area (TPSA) is 93.9 Å². The monoisotopic (exact) mass is 457 g/mol. The Balaban J connectivity index is 0.00000272. The van der Waals surface area contributed by atoms with Crippen LogP contribution in [-0.2, 0) is 6.42 Å². The lowest BCUT2D eigenvalue weighted by Crippen LogP contribution is -2.37. The van der Waals surface area contributed by atoms with Crippen molar-refractivity contribution in [3.8, 4) is 11.5 Å². The van der Waals surface area contributed by atoms with E-state index in [0.29, 0.717) is 5.75 Å². The second-order valence-electron chi connectivity index (χ2n) is 8.01. The first-order valence-electron chi connectivity index (χ1n) is 10.1. The summed E-state index contributed by atoms with van der Waals surface area (Å²) in [5, 5.41) is 12.4. The first-order valence-corrected chi connectivity index (χ1v) is 11.1. The average molecular weight is 458 g/mol. The summed E-state index contributed by atoms with van der Waals surface area (Å²) in [4.78, 5) is 5.23. The van der Waals surface area contributed by atoms with Crippen molar-refractivity contribution in [1.29, 1.82) is 0 Å². The lowest BCUT2D eigenvalue weighted by molar-refractivity contribution is 0.0641. The number of nitrogens with two attached hydrogens (primary N) is 2. The van der Waals surface area contributed by atoms with Gasteiger partial charge in [-0.25, -0.2) is 4.99 Å². The van der Waals surface area contributed by atoms with Gasteiger partial charge in [-0.15, -0.1) is 24.2 Å². The zero-order valence-electron chi connectivity index (χ0n) is 17.7. The summed E-state index contributed by atoms with van der Waals surface area (Å²) in [6.07, 6.45) is 2.78. The standard InChI is InChI=1S/C24H27N3O2S.ClH/c1-15-18-11-12-24(2,29-22(18)20-6-4-3-5-19(20)21(15)28)13-14-30-17-9-7-16(8-10-17)27-23(25)26;/h3-10,28H,11-14H2,1-2H3,(H4,25,26,27);1H. The van der Waals surface area contributed by atoms with Gasteiger partial charge in [0.05, 0.1) is 5.69 Å². The van der Waals surface area contributed by atoms with Crippen molar-refractivity contribution in [3.63, 3.8) is 0 Å². The molecule has 7 heteroatoms. The van der Waals surface area contributed by atoms with Crippen molar-refractivity contribution in [3.05, 3.63) is 59.7 Å². The van der Waals surface area contributed by atoms with Crippen LogP contribution in [0, 0.1) is 6.92 Å². The van der Waals surface area contributed by atoms with E-state index in [9.17, 15) is 5.11 Å². The molecular weight excluding hydrogens is 430 g/mol. The van der Waals surface area contributed by atoms with Crippen molar-refractivity contribution < 1.29 is 9.84 Å². The van der Waals surface area contributed by atoms with Crippen molar-refractivity contribution >= 4 is 46.6 Å². The molecule has 3 aromatic carbocycles. The Hall–Kier alpha value is -2.57. The average Bonchev–Trinajstić information content (AvgIpc) is 2.73.